The minimum Gasteiger partial charge on any atom is -0.464 e. The first-order chi connectivity index (χ1) is 15.0. The second kappa shape index (κ2) is 12.3. The SMILES string of the molecule is CCOCCCN(Cc1nc(C(=O)OC)co1)C(=O)Nc1ccc(C(=O)OCC)cc1. The van der Waals surface area contributed by atoms with Crippen LogP contribution in [0.1, 0.15) is 47.0 Å². The number of ether oxygens (including phenoxy) is 3. The van der Waals surface area contributed by atoms with Crippen molar-refractivity contribution in [1.29, 1.82) is 0 Å². The third kappa shape index (κ3) is 7.41. The number of amides is 2. The van der Waals surface area contributed by atoms with Gasteiger partial charge in [-0.05, 0) is 44.5 Å². The molecule has 0 atom stereocenters. The first kappa shape index (κ1) is 23.9. The summed E-state index contributed by atoms with van der Waals surface area (Å²) in [5, 5.41) is 2.78. The Labute approximate surface area is 180 Å². The molecule has 0 unspecified atom stereocenters. The molecule has 168 valence electrons. The molecule has 2 aromatic rings. The van der Waals surface area contributed by atoms with Crippen LogP contribution in [0.25, 0.3) is 0 Å². The maximum absolute atomic E-state index is 12.8. The van der Waals surface area contributed by atoms with Gasteiger partial charge in [-0.15, -0.1) is 0 Å². The van der Waals surface area contributed by atoms with Crippen molar-refractivity contribution in [2.45, 2.75) is 26.8 Å². The zero-order chi connectivity index (χ0) is 22.6. The van der Waals surface area contributed by atoms with E-state index < -0.39 is 18.0 Å². The number of anilines is 1. The van der Waals surface area contributed by atoms with E-state index in [2.05, 4.69) is 15.0 Å². The van der Waals surface area contributed by atoms with E-state index in [1.807, 2.05) is 6.92 Å². The summed E-state index contributed by atoms with van der Waals surface area (Å²) in [6, 6.07) is 5.98. The van der Waals surface area contributed by atoms with Gasteiger partial charge in [0, 0.05) is 25.4 Å². The Balaban J connectivity index is 2.05. The third-order valence-corrected chi connectivity index (χ3v) is 4.13. The fraction of sp³-hybridized carbons (Fsp3) is 0.429. The molecule has 1 aromatic heterocycles. The van der Waals surface area contributed by atoms with Gasteiger partial charge in [-0.1, -0.05) is 0 Å². The second-order valence-corrected chi connectivity index (χ2v) is 6.32. The predicted molar refractivity (Wildman–Crippen MR) is 111 cm³/mol. The highest BCUT2D eigenvalue weighted by atomic mass is 16.5. The van der Waals surface area contributed by atoms with Crippen molar-refractivity contribution in [3.05, 3.63) is 47.7 Å². The molecule has 0 bridgehead atoms. The predicted octanol–water partition coefficient (Wildman–Crippen LogP) is 3.10. The molecule has 1 heterocycles. The van der Waals surface area contributed by atoms with Gasteiger partial charge in [-0.3, -0.25) is 0 Å². The van der Waals surface area contributed by atoms with E-state index in [4.69, 9.17) is 13.9 Å². The van der Waals surface area contributed by atoms with E-state index in [9.17, 15) is 14.4 Å². The fourth-order valence-electron chi connectivity index (χ4n) is 2.61. The maximum atomic E-state index is 12.8. The van der Waals surface area contributed by atoms with Crippen LogP contribution in [0.2, 0.25) is 0 Å². The van der Waals surface area contributed by atoms with Crippen molar-refractivity contribution in [2.75, 3.05) is 38.8 Å². The number of carbonyl (C=O) groups excluding carboxylic acids is 3. The molecule has 0 spiro atoms. The molecule has 10 nitrogen and oxygen atoms in total. The highest BCUT2D eigenvalue weighted by molar-refractivity contribution is 5.92. The van der Waals surface area contributed by atoms with Gasteiger partial charge < -0.3 is 28.8 Å². The molecule has 0 fully saturated rings. The third-order valence-electron chi connectivity index (χ3n) is 4.13. The summed E-state index contributed by atoms with van der Waals surface area (Å²) in [6.45, 7) is 5.42. The van der Waals surface area contributed by atoms with E-state index in [1.165, 1.54) is 18.3 Å². The van der Waals surface area contributed by atoms with Crippen LogP contribution in [0.3, 0.4) is 0 Å². The summed E-state index contributed by atoms with van der Waals surface area (Å²) in [5.41, 5.74) is 0.931. The number of aromatic nitrogens is 1. The summed E-state index contributed by atoms with van der Waals surface area (Å²) in [7, 11) is 1.25. The Morgan fingerprint density at radius 3 is 2.48 bits per heavy atom. The Morgan fingerprint density at radius 2 is 1.84 bits per heavy atom. The Bertz CT molecular complexity index is 864. The van der Waals surface area contributed by atoms with Crippen molar-refractivity contribution >= 4 is 23.7 Å². The summed E-state index contributed by atoms with van der Waals surface area (Å²) in [6.07, 6.45) is 1.79. The van der Waals surface area contributed by atoms with Crippen molar-refractivity contribution in [3.8, 4) is 0 Å². The van der Waals surface area contributed by atoms with Crippen LogP contribution < -0.4 is 5.32 Å². The number of esters is 2. The van der Waals surface area contributed by atoms with Crippen LogP contribution in [0.5, 0.6) is 0 Å². The zero-order valence-corrected chi connectivity index (χ0v) is 17.9. The monoisotopic (exact) mass is 433 g/mol. The number of nitrogens with zero attached hydrogens (tertiary/aromatic N) is 2. The molecule has 0 saturated carbocycles. The number of carbonyl (C=O) groups is 3. The van der Waals surface area contributed by atoms with Gasteiger partial charge in [-0.2, -0.15) is 0 Å². The normalized spacial score (nSPS) is 10.4. The van der Waals surface area contributed by atoms with Gasteiger partial charge >= 0.3 is 18.0 Å². The molecule has 0 radical (unpaired) electrons. The highest BCUT2D eigenvalue weighted by Crippen LogP contribution is 2.14. The largest absolute Gasteiger partial charge is 0.464 e. The van der Waals surface area contributed by atoms with Gasteiger partial charge in [0.25, 0.3) is 0 Å². The molecular formula is C21H27N3O7. The minimum absolute atomic E-state index is 0.0294. The summed E-state index contributed by atoms with van der Waals surface area (Å²) in [4.78, 5) is 41.7. The van der Waals surface area contributed by atoms with Gasteiger partial charge in [0.1, 0.15) is 6.26 Å². The van der Waals surface area contributed by atoms with E-state index in [0.29, 0.717) is 37.4 Å². The topological polar surface area (TPSA) is 120 Å². The Kier molecular flexibility index (Phi) is 9.50. The first-order valence-electron chi connectivity index (χ1n) is 9.92. The molecule has 0 aliphatic carbocycles. The average molecular weight is 433 g/mol. The molecule has 2 rings (SSSR count). The minimum atomic E-state index is -0.621. The lowest BCUT2D eigenvalue weighted by Crippen LogP contribution is -2.36. The zero-order valence-electron chi connectivity index (χ0n) is 17.9. The molecule has 0 aliphatic heterocycles. The molecule has 1 aromatic carbocycles. The fourth-order valence-corrected chi connectivity index (χ4v) is 2.61. The lowest BCUT2D eigenvalue weighted by Gasteiger charge is -2.21. The van der Waals surface area contributed by atoms with Crippen molar-refractivity contribution in [3.63, 3.8) is 0 Å². The summed E-state index contributed by atoms with van der Waals surface area (Å²) < 4.78 is 20.2. The highest BCUT2D eigenvalue weighted by Gasteiger charge is 2.19. The summed E-state index contributed by atoms with van der Waals surface area (Å²) in [5.74, 6) is -0.850. The van der Waals surface area contributed by atoms with Crippen molar-refractivity contribution < 1.29 is 33.0 Å². The molecule has 1 N–H and O–H groups in total. The second-order valence-electron chi connectivity index (χ2n) is 6.32. The number of urea groups is 1. The molecule has 10 heteroatoms. The van der Waals surface area contributed by atoms with E-state index in [-0.39, 0.29) is 24.7 Å². The van der Waals surface area contributed by atoms with Crippen molar-refractivity contribution in [1.82, 2.24) is 9.88 Å². The Morgan fingerprint density at radius 1 is 1.10 bits per heavy atom. The number of benzene rings is 1. The maximum Gasteiger partial charge on any atom is 0.360 e. The van der Waals surface area contributed by atoms with Crippen LogP contribution in [0.15, 0.2) is 34.9 Å². The number of rotatable bonds is 11. The van der Waals surface area contributed by atoms with Crippen molar-refractivity contribution in [2.24, 2.45) is 0 Å². The van der Waals surface area contributed by atoms with Gasteiger partial charge in [-0.25, -0.2) is 19.4 Å². The lowest BCUT2D eigenvalue weighted by atomic mass is 10.2. The number of oxazole rings is 1. The van der Waals surface area contributed by atoms with E-state index >= 15 is 0 Å². The molecular weight excluding hydrogens is 406 g/mol. The molecule has 31 heavy (non-hydrogen) atoms. The van der Waals surface area contributed by atoms with Gasteiger partial charge in [0.05, 0.1) is 25.8 Å². The number of nitrogens with one attached hydrogen (secondary N) is 1. The van der Waals surface area contributed by atoms with Crippen LogP contribution in [0.4, 0.5) is 10.5 Å². The molecule has 0 saturated heterocycles. The number of methoxy groups -OCH3 is 1. The smallest absolute Gasteiger partial charge is 0.360 e. The van der Waals surface area contributed by atoms with Crippen LogP contribution in [0, 0.1) is 0 Å². The van der Waals surface area contributed by atoms with Crippen LogP contribution >= 0.6 is 0 Å². The molecule has 0 aliphatic rings. The van der Waals surface area contributed by atoms with Gasteiger partial charge in [0.15, 0.2) is 5.69 Å². The Hall–Kier alpha value is -3.40. The van der Waals surface area contributed by atoms with E-state index in [1.54, 1.807) is 31.2 Å². The quantitative estimate of drug-likeness (QED) is 0.424. The van der Waals surface area contributed by atoms with Crippen LogP contribution in [-0.4, -0.2) is 61.3 Å². The lowest BCUT2D eigenvalue weighted by molar-refractivity contribution is 0.0525. The summed E-state index contributed by atoms with van der Waals surface area (Å²) >= 11 is 0. The standard InChI is InChI=1S/C21H27N3O7/c1-4-29-12-6-11-24(13-18-23-17(14-31-18)20(26)28-3)21(27)22-16-9-7-15(8-10-16)19(25)30-5-2/h7-10,14H,4-6,11-13H2,1-3H3,(H,22,27). The number of hydrogen-bond donors (Lipinski definition) is 1. The number of hydrogen-bond acceptors (Lipinski definition) is 8. The molecule has 2 amide bonds. The van der Waals surface area contributed by atoms with Gasteiger partial charge in [0.2, 0.25) is 5.89 Å². The average Bonchev–Trinajstić information content (AvgIpc) is 3.24. The van der Waals surface area contributed by atoms with E-state index in [0.717, 1.165) is 0 Å². The first-order valence-corrected chi connectivity index (χ1v) is 9.92. The van der Waals surface area contributed by atoms with Crippen LogP contribution in [-0.2, 0) is 20.8 Å².